The Morgan fingerprint density at radius 1 is 1.25 bits per heavy atom. The number of carbonyl (C=O) groups excluding carboxylic acids is 1. The van der Waals surface area contributed by atoms with E-state index in [9.17, 15) is 4.79 Å². The van der Waals surface area contributed by atoms with Gasteiger partial charge in [0.05, 0.1) is 34.4 Å². The fourth-order valence-electron chi connectivity index (χ4n) is 2.09. The van der Waals surface area contributed by atoms with E-state index in [0.717, 1.165) is 16.7 Å². The summed E-state index contributed by atoms with van der Waals surface area (Å²) in [4.78, 5) is 15.9. The van der Waals surface area contributed by atoms with E-state index in [1.807, 2.05) is 28.8 Å². The Kier molecular flexibility index (Phi) is 3.16. The molecule has 0 radical (unpaired) electrons. The number of imidazole rings is 1. The molecule has 0 spiro atoms. The van der Waals surface area contributed by atoms with Gasteiger partial charge in [-0.3, -0.25) is 4.57 Å². The minimum Gasteiger partial charge on any atom is -0.465 e. The van der Waals surface area contributed by atoms with Crippen LogP contribution in [0.4, 0.5) is 0 Å². The van der Waals surface area contributed by atoms with E-state index in [2.05, 4.69) is 4.98 Å². The summed E-state index contributed by atoms with van der Waals surface area (Å²) >= 11 is 6.21. The van der Waals surface area contributed by atoms with Crippen molar-refractivity contribution in [2.75, 3.05) is 7.11 Å². The third kappa shape index (κ3) is 2.04. The molecule has 0 unspecified atom stereocenters. The van der Waals surface area contributed by atoms with E-state index in [0.29, 0.717) is 10.6 Å². The van der Waals surface area contributed by atoms with Crippen molar-refractivity contribution in [1.29, 1.82) is 0 Å². The second-order valence-electron chi connectivity index (χ2n) is 4.26. The first kappa shape index (κ1) is 12.7. The van der Waals surface area contributed by atoms with Gasteiger partial charge in [-0.05, 0) is 30.3 Å². The van der Waals surface area contributed by atoms with Crippen LogP contribution < -0.4 is 0 Å². The minimum atomic E-state index is -0.376. The van der Waals surface area contributed by atoms with Crippen LogP contribution in [-0.2, 0) is 4.74 Å². The molecular weight excluding hydrogens is 276 g/mol. The van der Waals surface area contributed by atoms with Crippen LogP contribution in [0.25, 0.3) is 16.7 Å². The van der Waals surface area contributed by atoms with Gasteiger partial charge in [-0.25, -0.2) is 9.78 Å². The Balaban J connectivity index is 2.22. The van der Waals surface area contributed by atoms with Crippen molar-refractivity contribution in [3.63, 3.8) is 0 Å². The van der Waals surface area contributed by atoms with Gasteiger partial charge in [-0.2, -0.15) is 0 Å². The third-order valence-corrected chi connectivity index (χ3v) is 3.40. The van der Waals surface area contributed by atoms with Crippen LogP contribution in [0.5, 0.6) is 0 Å². The van der Waals surface area contributed by atoms with Crippen LogP contribution in [0, 0.1) is 0 Å². The number of halogens is 1. The molecule has 0 aliphatic rings. The standard InChI is InChI=1S/C15H11ClN2O2/c1-20-15(19)10-6-7-12-14(8-10)18(9-17-12)13-5-3-2-4-11(13)16/h2-9H,1H3. The summed E-state index contributed by atoms with van der Waals surface area (Å²) in [5.74, 6) is -0.376. The Bertz CT molecular complexity index is 795. The van der Waals surface area contributed by atoms with E-state index in [1.54, 1.807) is 24.5 Å². The molecule has 0 saturated heterocycles. The lowest BCUT2D eigenvalue weighted by Crippen LogP contribution is -2.01. The molecule has 4 nitrogen and oxygen atoms in total. The van der Waals surface area contributed by atoms with E-state index in [-0.39, 0.29) is 5.97 Å². The predicted octanol–water partition coefficient (Wildman–Crippen LogP) is 3.47. The number of hydrogen-bond donors (Lipinski definition) is 0. The zero-order valence-electron chi connectivity index (χ0n) is 10.7. The number of hydrogen-bond acceptors (Lipinski definition) is 3. The first-order chi connectivity index (χ1) is 9.70. The van der Waals surface area contributed by atoms with Crippen LogP contribution in [0.15, 0.2) is 48.8 Å². The minimum absolute atomic E-state index is 0.376. The average Bonchev–Trinajstić information content (AvgIpc) is 2.90. The smallest absolute Gasteiger partial charge is 0.337 e. The molecule has 0 fully saturated rings. The summed E-state index contributed by atoms with van der Waals surface area (Å²) in [6.07, 6.45) is 1.69. The number of carbonyl (C=O) groups is 1. The van der Waals surface area contributed by atoms with Gasteiger partial charge in [-0.1, -0.05) is 23.7 Å². The number of ether oxygens (including phenoxy) is 1. The molecule has 3 rings (SSSR count). The highest BCUT2D eigenvalue weighted by atomic mass is 35.5. The lowest BCUT2D eigenvalue weighted by molar-refractivity contribution is 0.0601. The number of para-hydroxylation sites is 1. The summed E-state index contributed by atoms with van der Waals surface area (Å²) in [6.45, 7) is 0. The van der Waals surface area contributed by atoms with Crippen molar-refractivity contribution in [2.45, 2.75) is 0 Å². The predicted molar refractivity (Wildman–Crippen MR) is 77.4 cm³/mol. The molecule has 5 heteroatoms. The average molecular weight is 287 g/mol. The van der Waals surface area contributed by atoms with Gasteiger partial charge in [0.15, 0.2) is 0 Å². The molecule has 1 aromatic heterocycles. The molecule has 2 aromatic carbocycles. The molecule has 0 bridgehead atoms. The van der Waals surface area contributed by atoms with Crippen LogP contribution in [-0.4, -0.2) is 22.6 Å². The normalized spacial score (nSPS) is 10.7. The number of esters is 1. The maximum absolute atomic E-state index is 11.6. The van der Waals surface area contributed by atoms with Gasteiger partial charge in [0.1, 0.15) is 6.33 Å². The molecule has 3 aromatic rings. The first-order valence-corrected chi connectivity index (χ1v) is 6.39. The van der Waals surface area contributed by atoms with E-state index < -0.39 is 0 Å². The fourth-order valence-corrected chi connectivity index (χ4v) is 2.32. The SMILES string of the molecule is COC(=O)c1ccc2ncn(-c3ccccc3Cl)c2c1. The quantitative estimate of drug-likeness (QED) is 0.678. The van der Waals surface area contributed by atoms with Crippen molar-refractivity contribution < 1.29 is 9.53 Å². The molecule has 0 atom stereocenters. The number of benzene rings is 2. The zero-order chi connectivity index (χ0) is 14.1. The highest BCUT2D eigenvalue weighted by Gasteiger charge is 2.11. The van der Waals surface area contributed by atoms with Crippen LogP contribution in [0.2, 0.25) is 5.02 Å². The van der Waals surface area contributed by atoms with E-state index in [1.165, 1.54) is 7.11 Å². The van der Waals surface area contributed by atoms with E-state index >= 15 is 0 Å². The molecule has 0 saturated carbocycles. The van der Waals surface area contributed by atoms with Crippen LogP contribution in [0.1, 0.15) is 10.4 Å². The molecule has 0 aliphatic heterocycles. The van der Waals surface area contributed by atoms with Crippen molar-refractivity contribution in [2.24, 2.45) is 0 Å². The van der Waals surface area contributed by atoms with Crippen LogP contribution in [0.3, 0.4) is 0 Å². The fraction of sp³-hybridized carbons (Fsp3) is 0.0667. The van der Waals surface area contributed by atoms with Crippen molar-refractivity contribution in [3.8, 4) is 5.69 Å². The second kappa shape index (κ2) is 4.98. The summed E-state index contributed by atoms with van der Waals surface area (Å²) < 4.78 is 6.59. The van der Waals surface area contributed by atoms with Crippen molar-refractivity contribution >= 4 is 28.6 Å². The van der Waals surface area contributed by atoms with Gasteiger partial charge in [0.25, 0.3) is 0 Å². The van der Waals surface area contributed by atoms with Gasteiger partial charge in [-0.15, -0.1) is 0 Å². The highest BCUT2D eigenvalue weighted by molar-refractivity contribution is 6.32. The number of fused-ring (bicyclic) bond motifs is 1. The Labute approximate surface area is 120 Å². The highest BCUT2D eigenvalue weighted by Crippen LogP contribution is 2.25. The molecule has 100 valence electrons. The summed E-state index contributed by atoms with van der Waals surface area (Å²) in [5, 5.41) is 0.621. The number of aromatic nitrogens is 2. The Morgan fingerprint density at radius 2 is 2.05 bits per heavy atom. The lowest BCUT2D eigenvalue weighted by Gasteiger charge is -2.07. The molecular formula is C15H11ClN2O2. The Morgan fingerprint density at radius 3 is 2.80 bits per heavy atom. The zero-order valence-corrected chi connectivity index (χ0v) is 11.5. The van der Waals surface area contributed by atoms with Gasteiger partial charge < -0.3 is 4.74 Å². The largest absolute Gasteiger partial charge is 0.465 e. The maximum Gasteiger partial charge on any atom is 0.337 e. The lowest BCUT2D eigenvalue weighted by atomic mass is 10.2. The summed E-state index contributed by atoms with van der Waals surface area (Å²) in [6, 6.07) is 12.7. The molecule has 20 heavy (non-hydrogen) atoms. The molecule has 0 N–H and O–H groups in total. The number of methoxy groups -OCH3 is 1. The third-order valence-electron chi connectivity index (χ3n) is 3.08. The number of nitrogens with zero attached hydrogens (tertiary/aromatic N) is 2. The van der Waals surface area contributed by atoms with Crippen molar-refractivity contribution in [1.82, 2.24) is 9.55 Å². The van der Waals surface area contributed by atoms with E-state index in [4.69, 9.17) is 16.3 Å². The van der Waals surface area contributed by atoms with Crippen molar-refractivity contribution in [3.05, 3.63) is 59.4 Å². The molecule has 1 heterocycles. The monoisotopic (exact) mass is 286 g/mol. The molecule has 0 amide bonds. The van der Waals surface area contributed by atoms with Gasteiger partial charge >= 0.3 is 5.97 Å². The van der Waals surface area contributed by atoms with Gasteiger partial charge in [0.2, 0.25) is 0 Å². The number of rotatable bonds is 2. The van der Waals surface area contributed by atoms with Gasteiger partial charge in [0, 0.05) is 0 Å². The Hall–Kier alpha value is -2.33. The topological polar surface area (TPSA) is 44.1 Å². The van der Waals surface area contributed by atoms with Crippen LogP contribution >= 0.6 is 11.6 Å². The maximum atomic E-state index is 11.6. The second-order valence-corrected chi connectivity index (χ2v) is 4.67. The summed E-state index contributed by atoms with van der Waals surface area (Å²) in [5.41, 5.74) is 2.89. The molecule has 0 aliphatic carbocycles. The first-order valence-electron chi connectivity index (χ1n) is 6.01. The summed E-state index contributed by atoms with van der Waals surface area (Å²) in [7, 11) is 1.36.